The second kappa shape index (κ2) is 6.85. The van der Waals surface area contributed by atoms with Crippen LogP contribution in [-0.4, -0.2) is 12.4 Å². The fourth-order valence-electron chi connectivity index (χ4n) is 1.38. The van der Waals surface area contributed by atoms with Crippen molar-refractivity contribution >= 4 is 51.6 Å². The van der Waals surface area contributed by atoms with E-state index in [9.17, 15) is 0 Å². The average molecular weight is 356 g/mol. The molecule has 0 aliphatic carbocycles. The molecule has 0 bridgehead atoms. The van der Waals surface area contributed by atoms with Gasteiger partial charge < -0.3 is 0 Å². The van der Waals surface area contributed by atoms with Gasteiger partial charge in [-0.25, -0.2) is 0 Å². The third-order valence-electron chi connectivity index (χ3n) is 2.33. The summed E-state index contributed by atoms with van der Waals surface area (Å²) in [5.74, 6) is 0. The Bertz CT molecular complexity index is 639. The first-order valence-corrected chi connectivity index (χ1v) is 6.98. The van der Waals surface area contributed by atoms with Crippen LogP contribution in [0.25, 0.3) is 0 Å². The Balaban J connectivity index is 2.10. The van der Waals surface area contributed by atoms with Gasteiger partial charge in [-0.3, -0.25) is 0 Å². The van der Waals surface area contributed by atoms with Crippen molar-refractivity contribution in [2.24, 2.45) is 10.2 Å². The summed E-state index contributed by atoms with van der Waals surface area (Å²) in [6.07, 6.45) is 3.26. The Labute approximate surface area is 129 Å². The van der Waals surface area contributed by atoms with E-state index in [0.717, 1.165) is 15.6 Å². The molecule has 0 fully saturated rings. The van der Waals surface area contributed by atoms with Gasteiger partial charge in [0.15, 0.2) is 0 Å². The Kier molecular flexibility index (Phi) is 5.14. The number of hydrogen-bond acceptors (Lipinski definition) is 2. The summed E-state index contributed by atoms with van der Waals surface area (Å²) >= 11 is 15.3. The minimum atomic E-state index is 0.548. The van der Waals surface area contributed by atoms with Crippen LogP contribution in [0.4, 0.5) is 0 Å². The van der Waals surface area contributed by atoms with Crippen molar-refractivity contribution in [2.75, 3.05) is 0 Å². The van der Waals surface area contributed by atoms with E-state index in [-0.39, 0.29) is 0 Å². The highest BCUT2D eigenvalue weighted by Crippen LogP contribution is 2.19. The van der Waals surface area contributed by atoms with Crippen molar-refractivity contribution in [1.82, 2.24) is 0 Å². The second-order valence-electron chi connectivity index (χ2n) is 3.68. The van der Waals surface area contributed by atoms with Gasteiger partial charge in [0.25, 0.3) is 0 Å². The maximum Gasteiger partial charge on any atom is 0.0583 e. The zero-order valence-corrected chi connectivity index (χ0v) is 12.8. The van der Waals surface area contributed by atoms with E-state index in [4.69, 9.17) is 23.2 Å². The van der Waals surface area contributed by atoms with Gasteiger partial charge in [0.1, 0.15) is 0 Å². The summed E-state index contributed by atoms with van der Waals surface area (Å²) in [5, 5.41) is 9.09. The van der Waals surface area contributed by atoms with Crippen molar-refractivity contribution in [3.63, 3.8) is 0 Å². The maximum atomic E-state index is 6.02. The van der Waals surface area contributed by atoms with Gasteiger partial charge in [-0.15, -0.1) is 0 Å². The first-order valence-electron chi connectivity index (χ1n) is 5.43. The minimum Gasteiger partial charge on any atom is -0.158 e. The molecule has 0 spiro atoms. The van der Waals surface area contributed by atoms with Crippen molar-refractivity contribution in [1.29, 1.82) is 0 Å². The number of nitrogens with zero attached hydrogens (tertiary/aromatic N) is 2. The highest BCUT2D eigenvalue weighted by Gasteiger charge is 1.97. The number of hydrogen-bond donors (Lipinski definition) is 0. The van der Waals surface area contributed by atoms with Gasteiger partial charge in [0.2, 0.25) is 0 Å². The van der Waals surface area contributed by atoms with Crippen LogP contribution in [0.2, 0.25) is 10.0 Å². The summed E-state index contributed by atoms with van der Waals surface area (Å²) in [5.41, 5.74) is 1.73. The average Bonchev–Trinajstić information content (AvgIpc) is 2.38. The number of benzene rings is 2. The zero-order valence-electron chi connectivity index (χ0n) is 9.72. The highest BCUT2D eigenvalue weighted by molar-refractivity contribution is 9.10. The van der Waals surface area contributed by atoms with Crippen molar-refractivity contribution < 1.29 is 0 Å². The van der Waals surface area contributed by atoms with E-state index in [1.807, 2.05) is 24.3 Å². The third kappa shape index (κ3) is 4.16. The molecule has 0 saturated carbocycles. The van der Waals surface area contributed by atoms with Crippen LogP contribution in [-0.2, 0) is 0 Å². The lowest BCUT2D eigenvalue weighted by Crippen LogP contribution is -1.84. The van der Waals surface area contributed by atoms with E-state index in [1.54, 1.807) is 30.6 Å². The molecule has 0 unspecified atom stereocenters. The Morgan fingerprint density at radius 1 is 0.895 bits per heavy atom. The molecule has 0 aromatic heterocycles. The van der Waals surface area contributed by atoms with E-state index in [2.05, 4.69) is 26.1 Å². The molecule has 0 N–H and O–H groups in total. The Morgan fingerprint density at radius 2 is 1.58 bits per heavy atom. The monoisotopic (exact) mass is 354 g/mol. The van der Waals surface area contributed by atoms with Crippen LogP contribution >= 0.6 is 39.1 Å². The molecule has 0 saturated heterocycles. The van der Waals surface area contributed by atoms with E-state index < -0.39 is 0 Å². The molecule has 0 amide bonds. The first kappa shape index (κ1) is 14.3. The van der Waals surface area contributed by atoms with Gasteiger partial charge >= 0.3 is 0 Å². The first-order chi connectivity index (χ1) is 9.16. The number of halogens is 3. The minimum absolute atomic E-state index is 0.548. The molecular formula is C14H9BrCl2N2. The SMILES string of the molecule is Clc1ccc(C=NN=Cc2ccccc2Br)c(Cl)c1. The Hall–Kier alpha value is -1.16. The molecule has 0 aliphatic heterocycles. The number of rotatable bonds is 3. The standard InChI is InChI=1S/C14H9BrCl2N2/c15-13-4-2-1-3-10(13)8-18-19-9-11-5-6-12(16)7-14(11)17/h1-9H. The lowest BCUT2D eigenvalue weighted by molar-refractivity contribution is 1.26. The molecule has 19 heavy (non-hydrogen) atoms. The molecular weight excluding hydrogens is 347 g/mol. The van der Waals surface area contributed by atoms with E-state index in [0.29, 0.717) is 10.0 Å². The van der Waals surface area contributed by atoms with Gasteiger partial charge in [-0.2, -0.15) is 10.2 Å². The quantitative estimate of drug-likeness (QED) is 0.533. The summed E-state index contributed by atoms with van der Waals surface area (Å²) in [4.78, 5) is 0. The molecule has 0 radical (unpaired) electrons. The van der Waals surface area contributed by atoms with E-state index >= 15 is 0 Å². The fraction of sp³-hybridized carbons (Fsp3) is 0. The normalized spacial score (nSPS) is 11.5. The van der Waals surface area contributed by atoms with Crippen LogP contribution in [0.5, 0.6) is 0 Å². The predicted molar refractivity (Wildman–Crippen MR) is 85.8 cm³/mol. The molecule has 5 heteroatoms. The van der Waals surface area contributed by atoms with Crippen molar-refractivity contribution in [2.45, 2.75) is 0 Å². The largest absolute Gasteiger partial charge is 0.158 e. The molecule has 2 aromatic rings. The summed E-state index contributed by atoms with van der Waals surface area (Å²) in [6, 6.07) is 13.0. The van der Waals surface area contributed by atoms with Crippen LogP contribution < -0.4 is 0 Å². The molecule has 0 atom stereocenters. The lowest BCUT2D eigenvalue weighted by Gasteiger charge is -1.97. The third-order valence-corrected chi connectivity index (χ3v) is 3.61. The fourth-order valence-corrected chi connectivity index (χ4v) is 2.22. The van der Waals surface area contributed by atoms with Crippen LogP contribution in [0.3, 0.4) is 0 Å². The second-order valence-corrected chi connectivity index (χ2v) is 5.37. The molecule has 96 valence electrons. The lowest BCUT2D eigenvalue weighted by atomic mass is 10.2. The highest BCUT2D eigenvalue weighted by atomic mass is 79.9. The Morgan fingerprint density at radius 3 is 2.26 bits per heavy atom. The zero-order chi connectivity index (χ0) is 13.7. The summed E-state index contributed by atoms with van der Waals surface area (Å²) in [7, 11) is 0. The van der Waals surface area contributed by atoms with Crippen LogP contribution in [0.1, 0.15) is 11.1 Å². The van der Waals surface area contributed by atoms with Crippen LogP contribution in [0.15, 0.2) is 57.1 Å². The summed E-state index contributed by atoms with van der Waals surface area (Å²) < 4.78 is 0.971. The molecule has 2 aromatic carbocycles. The molecule has 2 nitrogen and oxygen atoms in total. The molecule has 0 aliphatic rings. The topological polar surface area (TPSA) is 24.7 Å². The van der Waals surface area contributed by atoms with Gasteiger partial charge in [0, 0.05) is 20.6 Å². The molecule has 2 rings (SSSR count). The predicted octanol–water partition coefficient (Wildman–Crippen LogP) is 5.21. The van der Waals surface area contributed by atoms with Gasteiger partial charge in [-0.1, -0.05) is 63.4 Å². The van der Waals surface area contributed by atoms with Crippen molar-refractivity contribution in [3.8, 4) is 0 Å². The maximum absolute atomic E-state index is 6.02. The smallest absolute Gasteiger partial charge is 0.0583 e. The van der Waals surface area contributed by atoms with Crippen molar-refractivity contribution in [3.05, 3.63) is 68.1 Å². The summed E-state index contributed by atoms with van der Waals surface area (Å²) in [6.45, 7) is 0. The van der Waals surface area contributed by atoms with Gasteiger partial charge in [-0.05, 0) is 18.2 Å². The van der Waals surface area contributed by atoms with Crippen LogP contribution in [0, 0.1) is 0 Å². The van der Waals surface area contributed by atoms with E-state index in [1.165, 1.54) is 0 Å². The van der Waals surface area contributed by atoms with Gasteiger partial charge in [0.05, 0.1) is 17.5 Å². The molecule has 0 heterocycles.